The molecular weight excluding hydrogens is 258 g/mol. The maximum absolute atomic E-state index is 5.69. The van der Waals surface area contributed by atoms with E-state index in [0.29, 0.717) is 0 Å². The molecule has 0 spiro atoms. The molecule has 0 saturated carbocycles. The summed E-state index contributed by atoms with van der Waals surface area (Å²) >= 11 is 0. The quantitative estimate of drug-likeness (QED) is 0.710. The van der Waals surface area contributed by atoms with Gasteiger partial charge < -0.3 is 15.5 Å². The highest BCUT2D eigenvalue weighted by molar-refractivity contribution is 4.77. The molecule has 3 nitrogen and oxygen atoms in total. The molecule has 0 aromatic carbocycles. The number of rotatable bonds is 9. The molecule has 2 heterocycles. The van der Waals surface area contributed by atoms with E-state index in [-0.39, 0.29) is 0 Å². The van der Waals surface area contributed by atoms with Gasteiger partial charge in [0.2, 0.25) is 0 Å². The van der Waals surface area contributed by atoms with Crippen LogP contribution in [0.25, 0.3) is 0 Å². The Kier molecular flexibility index (Phi) is 8.05. The van der Waals surface area contributed by atoms with Crippen molar-refractivity contribution in [3.63, 3.8) is 0 Å². The minimum atomic E-state index is 0.862. The predicted molar refractivity (Wildman–Crippen MR) is 91.5 cm³/mol. The largest absolute Gasteiger partial charge is 0.330 e. The molecule has 2 fully saturated rings. The lowest BCUT2D eigenvalue weighted by atomic mass is 9.94. The fraction of sp³-hybridized carbons (Fsp3) is 1.00. The summed E-state index contributed by atoms with van der Waals surface area (Å²) in [7, 11) is 0. The molecule has 0 bridgehead atoms. The van der Waals surface area contributed by atoms with E-state index in [1.54, 1.807) is 0 Å². The molecule has 0 radical (unpaired) electrons. The monoisotopic (exact) mass is 295 g/mol. The SMILES string of the molecule is CCC(CCN)CCCN1CCC(CN2CCCC2)CC1. The topological polar surface area (TPSA) is 32.5 Å². The van der Waals surface area contributed by atoms with Gasteiger partial charge in [0.15, 0.2) is 0 Å². The molecular formula is C18H37N3. The van der Waals surface area contributed by atoms with Crippen molar-refractivity contribution < 1.29 is 0 Å². The summed E-state index contributed by atoms with van der Waals surface area (Å²) in [5, 5.41) is 0. The zero-order valence-electron chi connectivity index (χ0n) is 14.2. The Bertz CT molecular complexity index is 255. The van der Waals surface area contributed by atoms with Gasteiger partial charge in [0, 0.05) is 6.54 Å². The summed E-state index contributed by atoms with van der Waals surface area (Å²) in [6.07, 6.45) is 11.0. The van der Waals surface area contributed by atoms with Gasteiger partial charge in [-0.05, 0) is 96.1 Å². The van der Waals surface area contributed by atoms with Gasteiger partial charge in [-0.15, -0.1) is 0 Å². The molecule has 0 amide bonds. The zero-order valence-corrected chi connectivity index (χ0v) is 14.2. The lowest BCUT2D eigenvalue weighted by Crippen LogP contribution is -2.38. The van der Waals surface area contributed by atoms with Crippen LogP contribution in [0.3, 0.4) is 0 Å². The average Bonchev–Trinajstić information content (AvgIpc) is 3.01. The van der Waals surface area contributed by atoms with Crippen molar-refractivity contribution in [1.29, 1.82) is 0 Å². The van der Waals surface area contributed by atoms with Crippen molar-refractivity contribution in [1.82, 2.24) is 9.80 Å². The Hall–Kier alpha value is -0.120. The Morgan fingerprint density at radius 2 is 1.71 bits per heavy atom. The molecule has 2 saturated heterocycles. The van der Waals surface area contributed by atoms with E-state index >= 15 is 0 Å². The van der Waals surface area contributed by atoms with Crippen LogP contribution in [-0.4, -0.2) is 55.6 Å². The molecule has 0 aliphatic carbocycles. The number of hydrogen-bond donors (Lipinski definition) is 1. The number of nitrogens with zero attached hydrogens (tertiary/aromatic N) is 2. The van der Waals surface area contributed by atoms with Crippen LogP contribution in [0.5, 0.6) is 0 Å². The minimum absolute atomic E-state index is 0.862. The number of hydrogen-bond acceptors (Lipinski definition) is 3. The van der Waals surface area contributed by atoms with Gasteiger partial charge in [0.1, 0.15) is 0 Å². The van der Waals surface area contributed by atoms with Gasteiger partial charge in [-0.3, -0.25) is 0 Å². The van der Waals surface area contributed by atoms with Crippen LogP contribution in [0, 0.1) is 11.8 Å². The van der Waals surface area contributed by atoms with Crippen molar-refractivity contribution in [3.05, 3.63) is 0 Å². The maximum atomic E-state index is 5.69. The first-order valence-corrected chi connectivity index (χ1v) is 9.46. The third-order valence-corrected chi connectivity index (χ3v) is 5.66. The molecule has 2 aliphatic rings. The van der Waals surface area contributed by atoms with Gasteiger partial charge in [-0.1, -0.05) is 13.3 Å². The van der Waals surface area contributed by atoms with Crippen molar-refractivity contribution >= 4 is 0 Å². The van der Waals surface area contributed by atoms with E-state index in [4.69, 9.17) is 5.73 Å². The van der Waals surface area contributed by atoms with Crippen LogP contribution in [0.4, 0.5) is 0 Å². The standard InChI is InChI=1S/C18H37N3/c1-2-17(7-10-19)6-5-13-20-14-8-18(9-15-20)16-21-11-3-4-12-21/h17-18H,2-16,19H2,1H3. The fourth-order valence-corrected chi connectivity index (χ4v) is 4.11. The van der Waals surface area contributed by atoms with E-state index in [2.05, 4.69) is 16.7 Å². The summed E-state index contributed by atoms with van der Waals surface area (Å²) in [4.78, 5) is 5.40. The van der Waals surface area contributed by atoms with E-state index in [1.807, 2.05) is 0 Å². The lowest BCUT2D eigenvalue weighted by molar-refractivity contribution is 0.150. The lowest BCUT2D eigenvalue weighted by Gasteiger charge is -2.34. The predicted octanol–water partition coefficient (Wildman–Crippen LogP) is 2.95. The average molecular weight is 296 g/mol. The van der Waals surface area contributed by atoms with Crippen molar-refractivity contribution in [2.75, 3.05) is 45.8 Å². The first-order valence-electron chi connectivity index (χ1n) is 9.46. The molecule has 21 heavy (non-hydrogen) atoms. The van der Waals surface area contributed by atoms with Crippen LogP contribution < -0.4 is 5.73 Å². The summed E-state index contributed by atoms with van der Waals surface area (Å²) in [6.45, 7) is 11.3. The zero-order chi connectivity index (χ0) is 14.9. The van der Waals surface area contributed by atoms with Gasteiger partial charge >= 0.3 is 0 Å². The third-order valence-electron chi connectivity index (χ3n) is 5.66. The van der Waals surface area contributed by atoms with Gasteiger partial charge in [0.25, 0.3) is 0 Å². The van der Waals surface area contributed by atoms with Crippen LogP contribution in [0.1, 0.15) is 58.3 Å². The molecule has 124 valence electrons. The second-order valence-electron chi connectivity index (χ2n) is 7.29. The highest BCUT2D eigenvalue weighted by Gasteiger charge is 2.22. The van der Waals surface area contributed by atoms with Gasteiger partial charge in [-0.25, -0.2) is 0 Å². The summed E-state index contributed by atoms with van der Waals surface area (Å²) in [5.41, 5.74) is 5.69. The maximum Gasteiger partial charge on any atom is 0.00106 e. The normalized spacial score (nSPS) is 23.7. The molecule has 1 unspecified atom stereocenters. The fourth-order valence-electron chi connectivity index (χ4n) is 4.11. The van der Waals surface area contributed by atoms with Crippen LogP contribution >= 0.6 is 0 Å². The third kappa shape index (κ3) is 6.25. The second kappa shape index (κ2) is 9.81. The highest BCUT2D eigenvalue weighted by Crippen LogP contribution is 2.21. The van der Waals surface area contributed by atoms with Crippen LogP contribution in [0.2, 0.25) is 0 Å². The summed E-state index contributed by atoms with van der Waals surface area (Å²) < 4.78 is 0. The Morgan fingerprint density at radius 3 is 2.33 bits per heavy atom. The first-order chi connectivity index (χ1) is 10.3. The van der Waals surface area contributed by atoms with E-state index in [9.17, 15) is 0 Å². The molecule has 1 atom stereocenters. The molecule has 2 N–H and O–H groups in total. The van der Waals surface area contributed by atoms with Gasteiger partial charge in [0.05, 0.1) is 0 Å². The van der Waals surface area contributed by atoms with Gasteiger partial charge in [-0.2, -0.15) is 0 Å². The smallest absolute Gasteiger partial charge is 0.00106 e. The Morgan fingerprint density at radius 1 is 1.00 bits per heavy atom. The van der Waals surface area contributed by atoms with Crippen LogP contribution in [-0.2, 0) is 0 Å². The van der Waals surface area contributed by atoms with Crippen molar-refractivity contribution in [2.45, 2.75) is 58.3 Å². The number of likely N-dealkylation sites (tertiary alicyclic amines) is 2. The number of piperidine rings is 1. The van der Waals surface area contributed by atoms with Crippen molar-refractivity contribution in [3.8, 4) is 0 Å². The molecule has 3 heteroatoms. The summed E-state index contributed by atoms with van der Waals surface area (Å²) in [6, 6.07) is 0. The van der Waals surface area contributed by atoms with E-state index in [1.165, 1.54) is 90.6 Å². The molecule has 2 aliphatic heterocycles. The molecule has 0 aromatic heterocycles. The van der Waals surface area contributed by atoms with E-state index in [0.717, 1.165) is 18.4 Å². The Labute approximate surface area is 132 Å². The van der Waals surface area contributed by atoms with Crippen LogP contribution in [0.15, 0.2) is 0 Å². The molecule has 2 rings (SSSR count). The van der Waals surface area contributed by atoms with E-state index < -0.39 is 0 Å². The number of nitrogens with two attached hydrogens (primary N) is 1. The molecule has 0 aromatic rings. The minimum Gasteiger partial charge on any atom is -0.330 e. The second-order valence-corrected chi connectivity index (χ2v) is 7.29. The highest BCUT2D eigenvalue weighted by atomic mass is 15.2. The Balaban J connectivity index is 1.54. The first kappa shape index (κ1) is 17.2. The van der Waals surface area contributed by atoms with Crippen molar-refractivity contribution in [2.24, 2.45) is 17.6 Å². The summed E-state index contributed by atoms with van der Waals surface area (Å²) in [5.74, 6) is 1.84.